The highest BCUT2D eigenvalue weighted by Crippen LogP contribution is 2.28. The first kappa shape index (κ1) is 14.4. The van der Waals surface area contributed by atoms with Gasteiger partial charge in [-0.3, -0.25) is 4.98 Å². The molecule has 1 aliphatic heterocycles. The number of rotatable bonds is 6. The number of pyridine rings is 1. The molecule has 4 nitrogen and oxygen atoms in total. The van der Waals surface area contributed by atoms with E-state index in [0.717, 1.165) is 39.0 Å². The lowest BCUT2D eigenvalue weighted by Gasteiger charge is -2.38. The molecule has 1 fully saturated rings. The third-order valence-corrected chi connectivity index (χ3v) is 3.88. The van der Waals surface area contributed by atoms with Crippen molar-refractivity contribution in [2.75, 3.05) is 40.0 Å². The van der Waals surface area contributed by atoms with Crippen molar-refractivity contribution < 1.29 is 9.84 Å². The van der Waals surface area contributed by atoms with Gasteiger partial charge in [-0.1, -0.05) is 0 Å². The van der Waals surface area contributed by atoms with Gasteiger partial charge in [-0.15, -0.1) is 0 Å². The Balaban J connectivity index is 1.81. The number of ether oxygens (including phenoxy) is 1. The minimum atomic E-state index is -0.0642. The standard InChI is InChI=1S/C15H24N2O2/c1-17(9-5-14-3-7-16-8-4-14)11-15(12-18)6-2-10-19-13-15/h3-4,7-8,18H,2,5-6,9-13H2,1H3. The topological polar surface area (TPSA) is 45.6 Å². The van der Waals surface area contributed by atoms with E-state index < -0.39 is 0 Å². The number of aliphatic hydroxyl groups excluding tert-OH is 1. The monoisotopic (exact) mass is 264 g/mol. The van der Waals surface area contributed by atoms with Crippen molar-refractivity contribution in [1.29, 1.82) is 0 Å². The summed E-state index contributed by atoms with van der Waals surface area (Å²) in [5, 5.41) is 9.66. The van der Waals surface area contributed by atoms with E-state index in [-0.39, 0.29) is 12.0 Å². The van der Waals surface area contributed by atoms with Gasteiger partial charge in [0.1, 0.15) is 0 Å². The van der Waals surface area contributed by atoms with Crippen LogP contribution in [0.5, 0.6) is 0 Å². The van der Waals surface area contributed by atoms with Gasteiger partial charge in [-0.25, -0.2) is 0 Å². The molecule has 1 aliphatic rings. The number of hydrogen-bond donors (Lipinski definition) is 1. The largest absolute Gasteiger partial charge is 0.396 e. The highest BCUT2D eigenvalue weighted by molar-refractivity contribution is 5.09. The molecule has 1 aromatic rings. The predicted molar refractivity (Wildman–Crippen MR) is 75.0 cm³/mol. The summed E-state index contributed by atoms with van der Waals surface area (Å²) < 4.78 is 5.55. The van der Waals surface area contributed by atoms with E-state index in [1.165, 1.54) is 5.56 Å². The lowest BCUT2D eigenvalue weighted by Crippen LogP contribution is -2.44. The average Bonchev–Trinajstić information content (AvgIpc) is 2.47. The molecule has 1 N–H and O–H groups in total. The summed E-state index contributed by atoms with van der Waals surface area (Å²) in [6.07, 6.45) is 6.79. The number of aliphatic hydroxyl groups is 1. The van der Waals surface area contributed by atoms with E-state index in [1.54, 1.807) is 0 Å². The van der Waals surface area contributed by atoms with Gasteiger partial charge in [0, 0.05) is 37.5 Å². The van der Waals surface area contributed by atoms with Crippen LogP contribution in [0.15, 0.2) is 24.5 Å². The molecule has 0 saturated carbocycles. The third kappa shape index (κ3) is 4.27. The maximum atomic E-state index is 9.66. The fraction of sp³-hybridized carbons (Fsp3) is 0.667. The summed E-state index contributed by atoms with van der Waals surface area (Å²) in [6, 6.07) is 4.11. The van der Waals surface area contributed by atoms with E-state index in [1.807, 2.05) is 12.4 Å². The average molecular weight is 264 g/mol. The molecule has 1 unspecified atom stereocenters. The molecule has 4 heteroatoms. The van der Waals surface area contributed by atoms with Crippen LogP contribution in [0.4, 0.5) is 0 Å². The minimum Gasteiger partial charge on any atom is -0.396 e. The molecule has 1 aromatic heterocycles. The smallest absolute Gasteiger partial charge is 0.0556 e. The quantitative estimate of drug-likeness (QED) is 0.842. The second-order valence-electron chi connectivity index (χ2n) is 5.66. The number of hydrogen-bond acceptors (Lipinski definition) is 4. The van der Waals surface area contributed by atoms with Crippen molar-refractivity contribution in [2.24, 2.45) is 5.41 Å². The number of likely N-dealkylation sites (N-methyl/N-ethyl adjacent to an activating group) is 1. The summed E-state index contributed by atoms with van der Waals surface area (Å²) in [5.74, 6) is 0. The van der Waals surface area contributed by atoms with Gasteiger partial charge in [-0.2, -0.15) is 0 Å². The summed E-state index contributed by atoms with van der Waals surface area (Å²) in [5.41, 5.74) is 1.24. The van der Waals surface area contributed by atoms with Crippen molar-refractivity contribution in [2.45, 2.75) is 19.3 Å². The van der Waals surface area contributed by atoms with Crippen LogP contribution in [-0.2, 0) is 11.2 Å². The van der Waals surface area contributed by atoms with E-state index in [0.29, 0.717) is 6.61 Å². The highest BCUT2D eigenvalue weighted by atomic mass is 16.5. The Morgan fingerprint density at radius 2 is 2.21 bits per heavy atom. The van der Waals surface area contributed by atoms with Crippen LogP contribution in [0.2, 0.25) is 0 Å². The summed E-state index contributed by atoms with van der Waals surface area (Å²) in [4.78, 5) is 6.32. The maximum Gasteiger partial charge on any atom is 0.0556 e. The van der Waals surface area contributed by atoms with Gasteiger partial charge >= 0.3 is 0 Å². The lowest BCUT2D eigenvalue weighted by atomic mass is 9.83. The van der Waals surface area contributed by atoms with E-state index in [2.05, 4.69) is 29.1 Å². The summed E-state index contributed by atoms with van der Waals surface area (Å²) >= 11 is 0. The Labute approximate surface area is 115 Å². The van der Waals surface area contributed by atoms with Crippen LogP contribution in [0.1, 0.15) is 18.4 Å². The maximum absolute atomic E-state index is 9.66. The zero-order valence-corrected chi connectivity index (χ0v) is 11.7. The molecule has 0 bridgehead atoms. The molecule has 106 valence electrons. The first-order valence-corrected chi connectivity index (χ1v) is 7.00. The van der Waals surface area contributed by atoms with Crippen LogP contribution < -0.4 is 0 Å². The molecule has 0 aliphatic carbocycles. The second kappa shape index (κ2) is 6.98. The first-order valence-electron chi connectivity index (χ1n) is 7.00. The van der Waals surface area contributed by atoms with Crippen LogP contribution in [0.25, 0.3) is 0 Å². The van der Waals surface area contributed by atoms with E-state index in [4.69, 9.17) is 4.74 Å². The molecule has 0 radical (unpaired) electrons. The van der Waals surface area contributed by atoms with Crippen molar-refractivity contribution in [3.8, 4) is 0 Å². The van der Waals surface area contributed by atoms with E-state index in [9.17, 15) is 5.11 Å². The molecule has 1 atom stereocenters. The van der Waals surface area contributed by atoms with Crippen LogP contribution in [-0.4, -0.2) is 54.9 Å². The second-order valence-corrected chi connectivity index (χ2v) is 5.66. The first-order chi connectivity index (χ1) is 9.24. The van der Waals surface area contributed by atoms with Gasteiger partial charge < -0.3 is 14.7 Å². The Morgan fingerprint density at radius 1 is 1.42 bits per heavy atom. The predicted octanol–water partition coefficient (Wildman–Crippen LogP) is 1.34. The van der Waals surface area contributed by atoms with Crippen molar-refractivity contribution in [3.05, 3.63) is 30.1 Å². The normalized spacial score (nSPS) is 23.7. The number of aromatic nitrogens is 1. The van der Waals surface area contributed by atoms with Gasteiger partial charge in [0.2, 0.25) is 0 Å². The van der Waals surface area contributed by atoms with Crippen LogP contribution in [0, 0.1) is 5.41 Å². The Bertz CT molecular complexity index is 364. The molecule has 2 heterocycles. The van der Waals surface area contributed by atoms with Gasteiger partial charge in [0.05, 0.1) is 13.2 Å². The SMILES string of the molecule is CN(CCc1ccncc1)CC1(CO)CCCOC1. The Morgan fingerprint density at radius 3 is 2.84 bits per heavy atom. The van der Waals surface area contributed by atoms with Crippen molar-refractivity contribution in [3.63, 3.8) is 0 Å². The molecule has 1 saturated heterocycles. The van der Waals surface area contributed by atoms with Gasteiger partial charge in [0.25, 0.3) is 0 Å². The molecule has 2 rings (SSSR count). The molecule has 0 aromatic carbocycles. The fourth-order valence-corrected chi connectivity index (χ4v) is 2.73. The van der Waals surface area contributed by atoms with Gasteiger partial charge in [0.15, 0.2) is 0 Å². The van der Waals surface area contributed by atoms with Crippen LogP contribution >= 0.6 is 0 Å². The van der Waals surface area contributed by atoms with Gasteiger partial charge in [-0.05, 0) is 44.0 Å². The summed E-state index contributed by atoms with van der Waals surface area (Å²) in [7, 11) is 2.12. The van der Waals surface area contributed by atoms with Crippen molar-refractivity contribution >= 4 is 0 Å². The zero-order chi connectivity index (χ0) is 13.6. The van der Waals surface area contributed by atoms with Crippen LogP contribution in [0.3, 0.4) is 0 Å². The molecule has 19 heavy (non-hydrogen) atoms. The molecular formula is C15H24N2O2. The van der Waals surface area contributed by atoms with E-state index >= 15 is 0 Å². The highest BCUT2D eigenvalue weighted by Gasteiger charge is 2.33. The number of nitrogens with zero attached hydrogens (tertiary/aromatic N) is 2. The molecule has 0 amide bonds. The Hall–Kier alpha value is -0.970. The minimum absolute atomic E-state index is 0.0642. The molecular weight excluding hydrogens is 240 g/mol. The third-order valence-electron chi connectivity index (χ3n) is 3.88. The molecule has 0 spiro atoms. The Kier molecular flexibility index (Phi) is 5.31. The van der Waals surface area contributed by atoms with Crippen molar-refractivity contribution in [1.82, 2.24) is 9.88 Å². The summed E-state index contributed by atoms with van der Waals surface area (Å²) in [6.45, 7) is 3.62. The zero-order valence-electron chi connectivity index (χ0n) is 11.7. The lowest BCUT2D eigenvalue weighted by molar-refractivity contribution is -0.0520. The fourth-order valence-electron chi connectivity index (χ4n) is 2.73.